The van der Waals surface area contributed by atoms with Crippen molar-refractivity contribution in [2.24, 2.45) is 0 Å². The molecule has 1 atom stereocenters. The second-order valence-corrected chi connectivity index (χ2v) is 8.28. The van der Waals surface area contributed by atoms with Crippen molar-refractivity contribution in [1.82, 2.24) is 0 Å². The van der Waals surface area contributed by atoms with E-state index in [1.807, 2.05) is 43.3 Å². The Hall–Kier alpha value is -2.76. The van der Waals surface area contributed by atoms with E-state index >= 15 is 0 Å². The largest absolute Gasteiger partial charge is 0.375 e. The van der Waals surface area contributed by atoms with Crippen LogP contribution in [0.5, 0.6) is 0 Å². The first-order valence-electron chi connectivity index (χ1n) is 9.37. The monoisotopic (exact) mass is 449 g/mol. The van der Waals surface area contributed by atoms with E-state index < -0.39 is 11.5 Å². The third-order valence-electron chi connectivity index (χ3n) is 5.23. The number of carbonyl (C=O) groups excluding carboxylic acids is 2. The number of rotatable bonds is 5. The summed E-state index contributed by atoms with van der Waals surface area (Å²) in [5.74, 6) is -0.749. The Morgan fingerprint density at radius 2 is 1.79 bits per heavy atom. The Morgan fingerprint density at radius 3 is 2.52 bits per heavy atom. The molecule has 4 nitrogen and oxygen atoms in total. The van der Waals surface area contributed by atoms with Crippen LogP contribution in [0.1, 0.15) is 33.5 Å². The van der Waals surface area contributed by atoms with Crippen LogP contribution in [0.4, 0.5) is 5.69 Å². The smallest absolute Gasteiger partial charge is 0.264 e. The molecule has 4 rings (SSSR count). The minimum absolute atomic E-state index is 0.273. The molecule has 0 radical (unpaired) electrons. The van der Waals surface area contributed by atoms with Crippen molar-refractivity contribution >= 4 is 33.3 Å². The van der Waals surface area contributed by atoms with Gasteiger partial charge in [0.1, 0.15) is 0 Å². The zero-order valence-corrected chi connectivity index (χ0v) is 17.5. The van der Waals surface area contributed by atoms with E-state index in [1.165, 1.54) is 0 Å². The fraction of sp³-hybridized carbons (Fsp3) is 0.167. The molecule has 0 bridgehead atoms. The molecule has 1 aliphatic rings. The van der Waals surface area contributed by atoms with Gasteiger partial charge in [0, 0.05) is 15.6 Å². The lowest BCUT2D eigenvalue weighted by molar-refractivity contribution is -0.136. The first-order chi connectivity index (χ1) is 13.9. The number of aliphatic hydroxyl groups is 1. The maximum Gasteiger partial charge on any atom is 0.264 e. The first kappa shape index (κ1) is 19.6. The van der Waals surface area contributed by atoms with Crippen LogP contribution in [0, 0.1) is 6.92 Å². The Labute approximate surface area is 177 Å². The average Bonchev–Trinajstić information content (AvgIpc) is 2.90. The number of ketones is 1. The van der Waals surface area contributed by atoms with Crippen molar-refractivity contribution < 1.29 is 14.7 Å². The highest BCUT2D eigenvalue weighted by Gasteiger charge is 2.51. The lowest BCUT2D eigenvalue weighted by atomic mass is 9.88. The van der Waals surface area contributed by atoms with E-state index in [9.17, 15) is 14.7 Å². The lowest BCUT2D eigenvalue weighted by Gasteiger charge is -2.23. The number of Topliss-reactive ketones (excluding diaryl/α,β-unsaturated/α-hetero) is 1. The van der Waals surface area contributed by atoms with Gasteiger partial charge >= 0.3 is 0 Å². The van der Waals surface area contributed by atoms with Crippen molar-refractivity contribution in [3.05, 3.63) is 99.5 Å². The summed E-state index contributed by atoms with van der Waals surface area (Å²) in [5, 5.41) is 11.4. The van der Waals surface area contributed by atoms with Crippen LogP contribution < -0.4 is 4.90 Å². The normalized spacial score (nSPS) is 18.0. The third-order valence-corrected chi connectivity index (χ3v) is 5.72. The zero-order valence-electron chi connectivity index (χ0n) is 15.9. The van der Waals surface area contributed by atoms with Crippen molar-refractivity contribution in [2.75, 3.05) is 4.90 Å². The van der Waals surface area contributed by atoms with E-state index in [1.54, 1.807) is 41.3 Å². The van der Waals surface area contributed by atoms with Crippen LogP contribution in [-0.2, 0) is 16.9 Å². The van der Waals surface area contributed by atoms with Crippen molar-refractivity contribution in [3.63, 3.8) is 0 Å². The molecule has 0 aromatic heterocycles. The molecule has 5 heteroatoms. The predicted molar refractivity (Wildman–Crippen MR) is 116 cm³/mol. The maximum absolute atomic E-state index is 13.4. The van der Waals surface area contributed by atoms with Crippen molar-refractivity contribution in [3.8, 4) is 0 Å². The number of hydrogen-bond acceptors (Lipinski definition) is 3. The number of halogens is 1. The van der Waals surface area contributed by atoms with Gasteiger partial charge in [0.2, 0.25) is 0 Å². The second-order valence-electron chi connectivity index (χ2n) is 7.37. The maximum atomic E-state index is 13.4. The van der Waals surface area contributed by atoms with Crippen LogP contribution in [0.3, 0.4) is 0 Å². The molecule has 0 saturated carbocycles. The number of hydrogen-bond donors (Lipinski definition) is 1. The van der Waals surface area contributed by atoms with Crippen LogP contribution in [-0.4, -0.2) is 16.8 Å². The molecular weight excluding hydrogens is 430 g/mol. The van der Waals surface area contributed by atoms with Gasteiger partial charge < -0.3 is 10.0 Å². The van der Waals surface area contributed by atoms with Gasteiger partial charge in [-0.1, -0.05) is 76.1 Å². The highest BCUT2D eigenvalue weighted by molar-refractivity contribution is 9.10. The van der Waals surface area contributed by atoms with Crippen LogP contribution >= 0.6 is 15.9 Å². The molecule has 1 amide bonds. The summed E-state index contributed by atoms with van der Waals surface area (Å²) < 4.78 is 0.743. The molecule has 0 aliphatic carbocycles. The van der Waals surface area contributed by atoms with E-state index in [2.05, 4.69) is 15.9 Å². The topological polar surface area (TPSA) is 57.6 Å². The second kappa shape index (κ2) is 7.58. The van der Waals surface area contributed by atoms with Gasteiger partial charge in [-0.2, -0.15) is 0 Å². The third kappa shape index (κ3) is 3.63. The van der Waals surface area contributed by atoms with Gasteiger partial charge in [-0.25, -0.2) is 0 Å². The fourth-order valence-corrected chi connectivity index (χ4v) is 4.16. The van der Waals surface area contributed by atoms with Gasteiger partial charge in [-0.05, 0) is 30.7 Å². The zero-order chi connectivity index (χ0) is 20.6. The molecule has 1 N–H and O–H groups in total. The summed E-state index contributed by atoms with van der Waals surface area (Å²) in [7, 11) is 0. The van der Waals surface area contributed by atoms with E-state index in [0.29, 0.717) is 23.4 Å². The number of nitrogens with zero attached hydrogens (tertiary/aromatic N) is 1. The number of carbonyl (C=O) groups is 2. The molecule has 3 aromatic rings. The summed E-state index contributed by atoms with van der Waals surface area (Å²) in [6.07, 6.45) is -0.302. The van der Waals surface area contributed by atoms with Crippen molar-refractivity contribution in [1.29, 1.82) is 0 Å². The number of benzene rings is 3. The van der Waals surface area contributed by atoms with Crippen LogP contribution in [0.2, 0.25) is 0 Å². The minimum atomic E-state index is -1.89. The molecule has 146 valence electrons. The summed E-state index contributed by atoms with van der Waals surface area (Å²) >= 11 is 3.42. The Morgan fingerprint density at radius 1 is 1.03 bits per heavy atom. The van der Waals surface area contributed by atoms with Crippen molar-refractivity contribution in [2.45, 2.75) is 25.5 Å². The number of anilines is 1. The fourth-order valence-electron chi connectivity index (χ4n) is 3.80. The highest BCUT2D eigenvalue weighted by Crippen LogP contribution is 2.44. The molecule has 0 saturated heterocycles. The number of fused-ring (bicyclic) bond motifs is 1. The summed E-state index contributed by atoms with van der Waals surface area (Å²) in [5.41, 5.74) is 1.72. The SMILES string of the molecule is Cc1cccc(CN2C(=O)[C@](O)(CC(=O)c3ccccc3)c3cc(Br)ccc32)c1. The lowest BCUT2D eigenvalue weighted by Crippen LogP contribution is -2.41. The van der Waals surface area contributed by atoms with Crippen LogP contribution in [0.15, 0.2) is 77.3 Å². The quantitative estimate of drug-likeness (QED) is 0.570. The molecule has 29 heavy (non-hydrogen) atoms. The molecule has 0 spiro atoms. The number of aryl methyl sites for hydroxylation is 1. The van der Waals surface area contributed by atoms with Gasteiger partial charge in [0.15, 0.2) is 11.4 Å². The summed E-state index contributed by atoms with van der Waals surface area (Å²) in [4.78, 5) is 27.7. The van der Waals surface area contributed by atoms with Crippen LogP contribution in [0.25, 0.3) is 0 Å². The highest BCUT2D eigenvalue weighted by atomic mass is 79.9. The Balaban J connectivity index is 1.72. The van der Waals surface area contributed by atoms with Gasteiger partial charge in [-0.15, -0.1) is 0 Å². The molecule has 1 aliphatic heterocycles. The molecule has 1 heterocycles. The first-order valence-corrected chi connectivity index (χ1v) is 10.2. The number of amides is 1. The van der Waals surface area contributed by atoms with E-state index in [-0.39, 0.29) is 12.2 Å². The minimum Gasteiger partial charge on any atom is -0.375 e. The Bertz CT molecular complexity index is 1100. The van der Waals surface area contributed by atoms with Gasteiger partial charge in [0.25, 0.3) is 5.91 Å². The van der Waals surface area contributed by atoms with E-state index in [0.717, 1.165) is 15.6 Å². The van der Waals surface area contributed by atoms with Gasteiger partial charge in [0.05, 0.1) is 18.7 Å². The Kier molecular flexibility index (Phi) is 5.11. The molecule has 0 fully saturated rings. The average molecular weight is 450 g/mol. The predicted octanol–water partition coefficient (Wildman–Crippen LogP) is 4.76. The molecular formula is C24H20BrNO3. The van der Waals surface area contributed by atoms with Gasteiger partial charge in [-0.3, -0.25) is 9.59 Å². The van der Waals surface area contributed by atoms with E-state index in [4.69, 9.17) is 0 Å². The summed E-state index contributed by atoms with van der Waals surface area (Å²) in [6.45, 7) is 2.33. The molecule has 3 aromatic carbocycles. The molecule has 0 unspecified atom stereocenters. The standard InChI is InChI=1S/C24H20BrNO3/c1-16-6-5-7-17(12-16)15-26-21-11-10-19(25)13-20(21)24(29,23(26)28)14-22(27)18-8-3-2-4-9-18/h2-13,29H,14-15H2,1H3/t24-/m0/s1. The summed E-state index contributed by atoms with van der Waals surface area (Å²) in [6, 6.07) is 22.0.